The van der Waals surface area contributed by atoms with Crippen molar-refractivity contribution in [3.63, 3.8) is 0 Å². The van der Waals surface area contributed by atoms with Crippen LogP contribution in [0.25, 0.3) is 11.0 Å². The van der Waals surface area contributed by atoms with Gasteiger partial charge >= 0.3 is 0 Å². The van der Waals surface area contributed by atoms with Crippen LogP contribution >= 0.6 is 15.9 Å². The molecule has 13 heavy (non-hydrogen) atoms. The molecule has 0 saturated heterocycles. The fraction of sp³-hybridized carbons (Fsp3) is 0.250. The molecule has 1 aromatic carbocycles. The van der Waals surface area contributed by atoms with Gasteiger partial charge in [-0.2, -0.15) is 15.4 Å². The van der Waals surface area contributed by atoms with Gasteiger partial charge in [-0.15, -0.1) is 0 Å². The predicted molar refractivity (Wildman–Crippen MR) is 52.8 cm³/mol. The van der Waals surface area contributed by atoms with Crippen molar-refractivity contribution < 1.29 is 4.74 Å². The maximum atomic E-state index is 5.39. The number of ether oxygens (including phenoxy) is 1. The molecule has 0 aliphatic carbocycles. The monoisotopic (exact) mass is 241 g/mol. The Morgan fingerprint density at radius 1 is 1.38 bits per heavy atom. The molecular weight excluding hydrogens is 234 g/mol. The third-order valence-corrected chi connectivity index (χ3v) is 2.29. The molecule has 0 saturated carbocycles. The van der Waals surface area contributed by atoms with Gasteiger partial charge in [0.2, 0.25) is 0 Å². The average molecular weight is 242 g/mol. The smallest absolute Gasteiger partial charge is 0.135 e. The molecule has 0 radical (unpaired) electrons. The van der Waals surface area contributed by atoms with E-state index in [-0.39, 0.29) is 0 Å². The fourth-order valence-electron chi connectivity index (χ4n) is 1.11. The number of fused-ring (bicyclic) bond motifs is 1. The van der Waals surface area contributed by atoms with Crippen molar-refractivity contribution in [3.05, 3.63) is 16.6 Å². The summed E-state index contributed by atoms with van der Waals surface area (Å²) in [4.78, 5) is 0. The molecular formula is C8H8BrN3O. The highest BCUT2D eigenvalue weighted by Crippen LogP contribution is 2.28. The van der Waals surface area contributed by atoms with Gasteiger partial charge in [0, 0.05) is 6.07 Å². The molecule has 0 bridgehead atoms. The summed E-state index contributed by atoms with van der Waals surface area (Å²) in [6.45, 7) is 2.58. The van der Waals surface area contributed by atoms with Crippen LogP contribution in [0.5, 0.6) is 5.75 Å². The van der Waals surface area contributed by atoms with Crippen LogP contribution in [0.1, 0.15) is 6.92 Å². The predicted octanol–water partition coefficient (Wildman–Crippen LogP) is 2.12. The zero-order valence-corrected chi connectivity index (χ0v) is 8.63. The molecule has 0 aliphatic heterocycles. The molecule has 0 spiro atoms. The largest absolute Gasteiger partial charge is 0.493 e. The SMILES string of the molecule is CCOc1cc2n[nH]nc2cc1Br. The van der Waals surface area contributed by atoms with E-state index in [1.54, 1.807) is 0 Å². The van der Waals surface area contributed by atoms with Gasteiger partial charge < -0.3 is 4.74 Å². The number of hydrogen-bond acceptors (Lipinski definition) is 3. The van der Waals surface area contributed by atoms with Crippen molar-refractivity contribution in [1.82, 2.24) is 15.4 Å². The molecule has 0 fully saturated rings. The van der Waals surface area contributed by atoms with Crippen LogP contribution in [0.15, 0.2) is 16.6 Å². The number of nitrogens with zero attached hydrogens (tertiary/aromatic N) is 2. The van der Waals surface area contributed by atoms with Crippen molar-refractivity contribution in [2.45, 2.75) is 6.92 Å². The Hall–Kier alpha value is -1.10. The fourth-order valence-corrected chi connectivity index (χ4v) is 1.56. The van der Waals surface area contributed by atoms with Crippen LogP contribution in [-0.4, -0.2) is 22.0 Å². The molecule has 0 aliphatic rings. The molecule has 68 valence electrons. The number of aromatic amines is 1. The van der Waals surface area contributed by atoms with E-state index in [1.165, 1.54) is 0 Å². The van der Waals surface area contributed by atoms with E-state index in [9.17, 15) is 0 Å². The van der Waals surface area contributed by atoms with E-state index in [1.807, 2.05) is 19.1 Å². The van der Waals surface area contributed by atoms with Gasteiger partial charge in [0.1, 0.15) is 16.8 Å². The molecule has 1 aromatic heterocycles. The van der Waals surface area contributed by atoms with E-state index in [4.69, 9.17) is 4.74 Å². The second-order valence-corrected chi connectivity index (χ2v) is 3.38. The zero-order chi connectivity index (χ0) is 9.26. The Morgan fingerprint density at radius 3 is 2.77 bits per heavy atom. The average Bonchev–Trinajstić information content (AvgIpc) is 2.52. The van der Waals surface area contributed by atoms with Gasteiger partial charge in [0.25, 0.3) is 0 Å². The van der Waals surface area contributed by atoms with Crippen molar-refractivity contribution in [2.75, 3.05) is 6.61 Å². The lowest BCUT2D eigenvalue weighted by molar-refractivity contribution is 0.338. The van der Waals surface area contributed by atoms with Gasteiger partial charge in [-0.1, -0.05) is 0 Å². The summed E-state index contributed by atoms with van der Waals surface area (Å²) in [5.41, 5.74) is 1.64. The van der Waals surface area contributed by atoms with Crippen molar-refractivity contribution in [1.29, 1.82) is 0 Å². The maximum Gasteiger partial charge on any atom is 0.135 e. The summed E-state index contributed by atoms with van der Waals surface area (Å²) >= 11 is 3.40. The first-order valence-corrected chi connectivity index (χ1v) is 4.73. The minimum Gasteiger partial charge on any atom is -0.493 e. The summed E-state index contributed by atoms with van der Waals surface area (Å²) in [6.07, 6.45) is 0. The lowest BCUT2D eigenvalue weighted by Gasteiger charge is -2.03. The Balaban J connectivity index is 2.56. The summed E-state index contributed by atoms with van der Waals surface area (Å²) in [7, 11) is 0. The number of rotatable bonds is 2. The van der Waals surface area contributed by atoms with Gasteiger partial charge in [-0.3, -0.25) is 0 Å². The van der Waals surface area contributed by atoms with Crippen LogP contribution in [0.4, 0.5) is 0 Å². The van der Waals surface area contributed by atoms with E-state index in [0.717, 1.165) is 21.3 Å². The van der Waals surface area contributed by atoms with E-state index < -0.39 is 0 Å². The summed E-state index contributed by atoms with van der Waals surface area (Å²) in [5.74, 6) is 0.795. The molecule has 1 heterocycles. The minimum absolute atomic E-state index is 0.641. The highest BCUT2D eigenvalue weighted by Gasteiger charge is 2.05. The Bertz CT molecular complexity index is 426. The quantitative estimate of drug-likeness (QED) is 0.877. The number of benzene rings is 1. The number of nitrogens with one attached hydrogen (secondary N) is 1. The molecule has 4 nitrogen and oxygen atoms in total. The van der Waals surface area contributed by atoms with Crippen LogP contribution < -0.4 is 4.74 Å². The van der Waals surface area contributed by atoms with Gasteiger partial charge in [0.15, 0.2) is 0 Å². The molecule has 1 N–H and O–H groups in total. The number of H-pyrrole nitrogens is 1. The standard InChI is InChI=1S/C8H8BrN3O/c1-2-13-8-4-7-6(3-5(8)9)10-12-11-7/h3-4H,2H2,1H3,(H,10,11,12). The van der Waals surface area contributed by atoms with E-state index in [0.29, 0.717) is 6.61 Å². The van der Waals surface area contributed by atoms with Crippen molar-refractivity contribution in [2.24, 2.45) is 0 Å². The minimum atomic E-state index is 0.641. The molecule has 0 unspecified atom stereocenters. The third-order valence-electron chi connectivity index (χ3n) is 1.67. The Kier molecular flexibility index (Phi) is 2.18. The maximum absolute atomic E-state index is 5.39. The first kappa shape index (κ1) is 8.50. The Labute approximate surface area is 83.4 Å². The van der Waals surface area contributed by atoms with Crippen LogP contribution in [0.2, 0.25) is 0 Å². The van der Waals surface area contributed by atoms with Gasteiger partial charge in [-0.05, 0) is 28.9 Å². The molecule has 2 rings (SSSR count). The number of hydrogen-bond donors (Lipinski definition) is 1. The lowest BCUT2D eigenvalue weighted by atomic mass is 10.3. The molecule has 2 aromatic rings. The zero-order valence-electron chi connectivity index (χ0n) is 7.04. The third kappa shape index (κ3) is 1.51. The first-order chi connectivity index (χ1) is 6.31. The molecule has 0 atom stereocenters. The lowest BCUT2D eigenvalue weighted by Crippen LogP contribution is -1.92. The highest BCUT2D eigenvalue weighted by molar-refractivity contribution is 9.10. The first-order valence-electron chi connectivity index (χ1n) is 3.94. The van der Waals surface area contributed by atoms with Crippen LogP contribution in [0.3, 0.4) is 0 Å². The topological polar surface area (TPSA) is 50.8 Å². The van der Waals surface area contributed by atoms with E-state index >= 15 is 0 Å². The summed E-state index contributed by atoms with van der Waals surface area (Å²) in [6, 6.07) is 3.73. The van der Waals surface area contributed by atoms with Crippen LogP contribution in [0, 0.1) is 0 Å². The van der Waals surface area contributed by atoms with Crippen molar-refractivity contribution >= 4 is 27.0 Å². The number of halogens is 1. The van der Waals surface area contributed by atoms with Crippen molar-refractivity contribution in [3.8, 4) is 5.75 Å². The molecule has 0 amide bonds. The second kappa shape index (κ2) is 3.33. The highest BCUT2D eigenvalue weighted by atomic mass is 79.9. The van der Waals surface area contributed by atoms with Gasteiger partial charge in [0.05, 0.1) is 11.1 Å². The van der Waals surface area contributed by atoms with E-state index in [2.05, 4.69) is 31.3 Å². The summed E-state index contributed by atoms with van der Waals surface area (Å²) < 4.78 is 6.28. The molecule has 5 heteroatoms. The summed E-state index contributed by atoms with van der Waals surface area (Å²) in [5, 5.41) is 10.5. The number of aromatic nitrogens is 3. The van der Waals surface area contributed by atoms with Gasteiger partial charge in [-0.25, -0.2) is 0 Å². The normalized spacial score (nSPS) is 10.6. The Morgan fingerprint density at radius 2 is 2.08 bits per heavy atom. The van der Waals surface area contributed by atoms with Crippen LogP contribution in [-0.2, 0) is 0 Å². The second-order valence-electron chi connectivity index (χ2n) is 2.53.